The van der Waals surface area contributed by atoms with Crippen molar-refractivity contribution in [3.63, 3.8) is 0 Å². The van der Waals surface area contributed by atoms with Crippen LogP contribution in [-0.2, 0) is 22.6 Å². The summed E-state index contributed by atoms with van der Waals surface area (Å²) in [4.78, 5) is 24.7. The maximum absolute atomic E-state index is 13.3. The highest BCUT2D eigenvalue weighted by Crippen LogP contribution is 2.18. The standard InChI is InChI=1S/C21H20F2N4O3S/c1-2-17(24-18(28)10-13-8-14(22)11-15(23)9-13)20(29)25-21-27-26-19(31-21)12-30-16-6-4-3-5-7-16/h3-9,11,17H,2,10,12H2,1H3,(H,24,28)(H,25,27,29). The van der Waals surface area contributed by atoms with E-state index in [0.29, 0.717) is 17.2 Å². The third-order valence-electron chi connectivity index (χ3n) is 4.15. The Bertz CT molecular complexity index is 1030. The summed E-state index contributed by atoms with van der Waals surface area (Å²) in [5, 5.41) is 13.9. The van der Waals surface area contributed by atoms with E-state index in [1.54, 1.807) is 6.92 Å². The second-order valence-electron chi connectivity index (χ2n) is 6.57. The number of ether oxygens (including phenoxy) is 1. The van der Waals surface area contributed by atoms with Gasteiger partial charge in [0.1, 0.15) is 30.0 Å². The van der Waals surface area contributed by atoms with Gasteiger partial charge >= 0.3 is 0 Å². The van der Waals surface area contributed by atoms with Crippen LogP contribution in [0.4, 0.5) is 13.9 Å². The van der Waals surface area contributed by atoms with E-state index in [-0.39, 0.29) is 23.7 Å². The summed E-state index contributed by atoms with van der Waals surface area (Å²) in [5.74, 6) is -1.84. The van der Waals surface area contributed by atoms with Crippen LogP contribution in [0.3, 0.4) is 0 Å². The topological polar surface area (TPSA) is 93.2 Å². The number of rotatable bonds is 9. The first-order valence-electron chi connectivity index (χ1n) is 9.48. The number of halogens is 2. The average molecular weight is 446 g/mol. The lowest BCUT2D eigenvalue weighted by atomic mass is 10.1. The van der Waals surface area contributed by atoms with Crippen LogP contribution >= 0.6 is 11.3 Å². The lowest BCUT2D eigenvalue weighted by molar-refractivity contribution is -0.126. The highest BCUT2D eigenvalue weighted by molar-refractivity contribution is 7.15. The second-order valence-corrected chi connectivity index (χ2v) is 7.64. The highest BCUT2D eigenvalue weighted by Gasteiger charge is 2.21. The molecule has 31 heavy (non-hydrogen) atoms. The third kappa shape index (κ3) is 6.82. The predicted molar refractivity (Wildman–Crippen MR) is 112 cm³/mol. The number of hydrogen-bond acceptors (Lipinski definition) is 6. The molecule has 2 aromatic carbocycles. The number of hydrogen-bond donors (Lipinski definition) is 2. The van der Waals surface area contributed by atoms with Gasteiger partial charge in [0.15, 0.2) is 5.01 Å². The highest BCUT2D eigenvalue weighted by atomic mass is 32.1. The number of carbonyl (C=O) groups is 2. The monoisotopic (exact) mass is 446 g/mol. The molecule has 162 valence electrons. The lowest BCUT2D eigenvalue weighted by Crippen LogP contribution is -2.44. The van der Waals surface area contributed by atoms with Crippen LogP contribution in [-0.4, -0.2) is 28.1 Å². The summed E-state index contributed by atoms with van der Waals surface area (Å²) in [7, 11) is 0. The maximum Gasteiger partial charge on any atom is 0.248 e. The number of amides is 2. The molecule has 0 saturated carbocycles. The van der Waals surface area contributed by atoms with Gasteiger partial charge in [0.05, 0.1) is 6.42 Å². The zero-order chi connectivity index (χ0) is 22.2. The molecular weight excluding hydrogens is 426 g/mol. The minimum Gasteiger partial charge on any atom is -0.486 e. The quantitative estimate of drug-likeness (QED) is 0.525. The van der Waals surface area contributed by atoms with Gasteiger partial charge < -0.3 is 10.1 Å². The predicted octanol–water partition coefficient (Wildman–Crippen LogP) is 3.47. The van der Waals surface area contributed by atoms with Gasteiger partial charge in [-0.1, -0.05) is 36.5 Å². The number of aromatic nitrogens is 2. The number of nitrogens with zero attached hydrogens (tertiary/aromatic N) is 2. The van der Waals surface area contributed by atoms with Crippen molar-refractivity contribution in [2.24, 2.45) is 0 Å². The zero-order valence-electron chi connectivity index (χ0n) is 16.6. The van der Waals surface area contributed by atoms with Crippen molar-refractivity contribution in [3.05, 3.63) is 70.7 Å². The number of benzene rings is 2. The molecule has 0 aliphatic carbocycles. The van der Waals surface area contributed by atoms with Crippen LogP contribution in [0.5, 0.6) is 5.75 Å². The van der Waals surface area contributed by atoms with Gasteiger partial charge in [-0.25, -0.2) is 8.78 Å². The smallest absolute Gasteiger partial charge is 0.248 e. The van der Waals surface area contributed by atoms with Crippen LogP contribution in [0, 0.1) is 11.6 Å². The van der Waals surface area contributed by atoms with Crippen molar-refractivity contribution in [3.8, 4) is 5.75 Å². The van der Waals surface area contributed by atoms with Gasteiger partial charge in [-0.3, -0.25) is 14.9 Å². The van der Waals surface area contributed by atoms with Gasteiger partial charge in [0.2, 0.25) is 16.9 Å². The van der Waals surface area contributed by atoms with E-state index in [1.807, 2.05) is 30.3 Å². The normalized spacial score (nSPS) is 11.6. The van der Waals surface area contributed by atoms with Gasteiger partial charge in [-0.05, 0) is 36.2 Å². The zero-order valence-corrected chi connectivity index (χ0v) is 17.4. The van der Waals surface area contributed by atoms with E-state index in [2.05, 4.69) is 20.8 Å². The number of anilines is 1. The fraction of sp³-hybridized carbons (Fsp3) is 0.238. The average Bonchev–Trinajstić information content (AvgIpc) is 3.17. The van der Waals surface area contributed by atoms with Crippen LogP contribution in [0.1, 0.15) is 23.9 Å². The van der Waals surface area contributed by atoms with Gasteiger partial charge in [-0.15, -0.1) is 10.2 Å². The lowest BCUT2D eigenvalue weighted by Gasteiger charge is -2.15. The Kier molecular flexibility index (Phi) is 7.60. The molecule has 0 bridgehead atoms. The molecule has 0 radical (unpaired) electrons. The first-order chi connectivity index (χ1) is 14.9. The van der Waals surface area contributed by atoms with Gasteiger partial charge in [-0.2, -0.15) is 0 Å². The van der Waals surface area contributed by atoms with E-state index in [4.69, 9.17) is 4.74 Å². The number of para-hydroxylation sites is 1. The Labute approximate surface area is 181 Å². The first kappa shape index (κ1) is 22.3. The largest absolute Gasteiger partial charge is 0.486 e. The van der Waals surface area contributed by atoms with Crippen LogP contribution in [0.2, 0.25) is 0 Å². The van der Waals surface area contributed by atoms with Crippen molar-refractivity contribution in [1.29, 1.82) is 0 Å². The van der Waals surface area contributed by atoms with Crippen LogP contribution in [0.25, 0.3) is 0 Å². The maximum atomic E-state index is 13.3. The Morgan fingerprint density at radius 1 is 1.10 bits per heavy atom. The molecule has 2 amide bonds. The first-order valence-corrected chi connectivity index (χ1v) is 10.3. The minimum absolute atomic E-state index is 0.178. The molecule has 1 aromatic heterocycles. The minimum atomic E-state index is -0.834. The van der Waals surface area contributed by atoms with Crippen molar-refractivity contribution in [2.45, 2.75) is 32.4 Å². The van der Waals surface area contributed by atoms with Crippen molar-refractivity contribution >= 4 is 28.3 Å². The molecule has 2 N–H and O–H groups in total. The molecular formula is C21H20F2N4O3S. The molecule has 0 aliphatic rings. The molecule has 1 heterocycles. The summed E-state index contributed by atoms with van der Waals surface area (Å²) in [5.41, 5.74) is 0.178. The molecule has 1 atom stereocenters. The van der Waals surface area contributed by atoms with E-state index in [1.165, 1.54) is 0 Å². The van der Waals surface area contributed by atoms with E-state index in [9.17, 15) is 18.4 Å². The Balaban J connectivity index is 1.52. The Hall–Kier alpha value is -3.40. The molecule has 7 nitrogen and oxygen atoms in total. The molecule has 0 saturated heterocycles. The summed E-state index contributed by atoms with van der Waals surface area (Å²) < 4.78 is 32.1. The van der Waals surface area contributed by atoms with Crippen molar-refractivity contribution < 1.29 is 23.1 Å². The summed E-state index contributed by atoms with van der Waals surface area (Å²) >= 11 is 1.16. The number of nitrogens with one attached hydrogen (secondary N) is 2. The van der Waals surface area contributed by atoms with Crippen LogP contribution < -0.4 is 15.4 Å². The summed E-state index contributed by atoms with van der Waals surface area (Å²) in [6, 6.07) is 11.3. The summed E-state index contributed by atoms with van der Waals surface area (Å²) in [6.07, 6.45) is 0.0656. The Morgan fingerprint density at radius 2 is 1.81 bits per heavy atom. The summed E-state index contributed by atoms with van der Waals surface area (Å²) in [6.45, 7) is 1.93. The molecule has 0 aliphatic heterocycles. The van der Waals surface area contributed by atoms with Crippen LogP contribution in [0.15, 0.2) is 48.5 Å². The van der Waals surface area contributed by atoms with Gasteiger partial charge in [0, 0.05) is 6.07 Å². The van der Waals surface area contributed by atoms with Crippen molar-refractivity contribution in [2.75, 3.05) is 5.32 Å². The van der Waals surface area contributed by atoms with Crippen molar-refractivity contribution in [1.82, 2.24) is 15.5 Å². The fourth-order valence-electron chi connectivity index (χ4n) is 2.71. The molecule has 10 heteroatoms. The molecule has 0 fully saturated rings. The molecule has 3 rings (SSSR count). The molecule has 1 unspecified atom stereocenters. The molecule has 3 aromatic rings. The Morgan fingerprint density at radius 3 is 2.48 bits per heavy atom. The fourth-order valence-corrected chi connectivity index (χ4v) is 3.37. The third-order valence-corrected chi connectivity index (χ3v) is 4.96. The van der Waals surface area contributed by atoms with E-state index >= 15 is 0 Å². The van der Waals surface area contributed by atoms with Gasteiger partial charge in [0.25, 0.3) is 0 Å². The van der Waals surface area contributed by atoms with E-state index < -0.39 is 29.5 Å². The SMILES string of the molecule is CCC(NC(=O)Cc1cc(F)cc(F)c1)C(=O)Nc1nnc(COc2ccccc2)s1. The number of carbonyl (C=O) groups excluding carboxylic acids is 2. The van der Waals surface area contributed by atoms with E-state index in [0.717, 1.165) is 29.5 Å². The molecule has 0 spiro atoms. The second kappa shape index (κ2) is 10.6.